The molecule has 1 fully saturated rings. The molecule has 0 radical (unpaired) electrons. The van der Waals surface area contributed by atoms with Gasteiger partial charge in [-0.15, -0.1) is 23.5 Å². The predicted octanol–water partition coefficient (Wildman–Crippen LogP) is 2.29. The van der Waals surface area contributed by atoms with Crippen molar-refractivity contribution in [3.63, 3.8) is 0 Å². The Morgan fingerprint density at radius 1 is 1.03 bits per heavy atom. The zero-order chi connectivity index (χ0) is 20.9. The molecule has 154 valence electrons. The number of carbonyl (C=O) groups is 2. The third kappa shape index (κ3) is 6.23. The number of esters is 1. The third-order valence-corrected chi connectivity index (χ3v) is 8.15. The summed E-state index contributed by atoms with van der Waals surface area (Å²) < 4.78 is 27.9. The fourth-order valence-electron chi connectivity index (χ4n) is 2.59. The molecule has 10 heteroatoms. The fourth-order valence-corrected chi connectivity index (χ4v) is 5.97. The minimum atomic E-state index is -3.75. The lowest BCUT2D eigenvalue weighted by atomic mass is 10.1. The van der Waals surface area contributed by atoms with Crippen LogP contribution in [0.5, 0.6) is 0 Å². The van der Waals surface area contributed by atoms with E-state index in [1.807, 2.05) is 35.7 Å². The van der Waals surface area contributed by atoms with Gasteiger partial charge < -0.3 is 10.1 Å². The predicted molar refractivity (Wildman–Crippen MR) is 114 cm³/mol. The van der Waals surface area contributed by atoms with Crippen molar-refractivity contribution in [3.8, 4) is 0 Å². The number of primary sulfonamides is 1. The molecular weight excluding hydrogens is 432 g/mol. The van der Waals surface area contributed by atoms with Crippen LogP contribution in [0.25, 0.3) is 0 Å². The molecule has 0 aromatic heterocycles. The molecule has 7 nitrogen and oxygen atoms in total. The Morgan fingerprint density at radius 2 is 1.66 bits per heavy atom. The first-order chi connectivity index (χ1) is 13.8. The number of hydrogen-bond donors (Lipinski definition) is 2. The molecule has 0 unspecified atom stereocenters. The molecule has 3 rings (SSSR count). The van der Waals surface area contributed by atoms with Crippen molar-refractivity contribution in [2.45, 2.75) is 16.0 Å². The van der Waals surface area contributed by atoms with E-state index < -0.39 is 28.5 Å². The third-order valence-electron chi connectivity index (χ3n) is 4.12. The van der Waals surface area contributed by atoms with Crippen LogP contribution in [0.15, 0.2) is 53.4 Å². The average Bonchev–Trinajstić information content (AvgIpc) is 3.25. The fraction of sp³-hybridized carbons (Fsp3) is 0.263. The van der Waals surface area contributed by atoms with Gasteiger partial charge in [0.1, 0.15) is 0 Å². The molecule has 29 heavy (non-hydrogen) atoms. The number of rotatable bonds is 7. The van der Waals surface area contributed by atoms with Gasteiger partial charge in [-0.05, 0) is 35.4 Å². The summed E-state index contributed by atoms with van der Waals surface area (Å²) in [5.74, 6) is 1.25. The second kappa shape index (κ2) is 9.66. The second-order valence-corrected chi connectivity index (χ2v) is 10.5. The Balaban J connectivity index is 1.44. The van der Waals surface area contributed by atoms with Crippen LogP contribution in [0.4, 0.5) is 0 Å². The van der Waals surface area contributed by atoms with Crippen LogP contribution in [0, 0.1) is 0 Å². The van der Waals surface area contributed by atoms with Gasteiger partial charge in [-0.3, -0.25) is 4.79 Å². The zero-order valence-corrected chi connectivity index (χ0v) is 17.8. The van der Waals surface area contributed by atoms with Crippen molar-refractivity contribution in [3.05, 3.63) is 65.2 Å². The Morgan fingerprint density at radius 3 is 2.24 bits per heavy atom. The topological polar surface area (TPSA) is 116 Å². The average molecular weight is 453 g/mol. The highest BCUT2D eigenvalue weighted by molar-refractivity contribution is 8.19. The minimum absolute atomic E-state index is 0.00218. The Labute approximate surface area is 177 Å². The van der Waals surface area contributed by atoms with Gasteiger partial charge in [0, 0.05) is 18.1 Å². The van der Waals surface area contributed by atoms with Crippen molar-refractivity contribution in [2.24, 2.45) is 5.14 Å². The van der Waals surface area contributed by atoms with Crippen molar-refractivity contribution < 1.29 is 22.7 Å². The SMILES string of the molecule is NS(=O)(=O)c1ccc(CNC(=O)COC(=O)c2ccc(C3SCCS3)cc2)cc1. The summed E-state index contributed by atoms with van der Waals surface area (Å²) >= 11 is 3.77. The molecule has 0 aliphatic carbocycles. The number of thioether (sulfide) groups is 2. The van der Waals surface area contributed by atoms with Crippen molar-refractivity contribution in [1.82, 2.24) is 5.32 Å². The van der Waals surface area contributed by atoms with Crippen molar-refractivity contribution >= 4 is 45.4 Å². The van der Waals surface area contributed by atoms with Gasteiger partial charge in [0.05, 0.1) is 15.0 Å². The van der Waals surface area contributed by atoms with E-state index in [-0.39, 0.29) is 11.4 Å². The van der Waals surface area contributed by atoms with E-state index in [0.717, 1.165) is 11.5 Å². The van der Waals surface area contributed by atoms with Crippen LogP contribution < -0.4 is 10.5 Å². The highest BCUT2D eigenvalue weighted by atomic mass is 32.2. The van der Waals surface area contributed by atoms with E-state index >= 15 is 0 Å². The summed E-state index contributed by atoms with van der Waals surface area (Å²) in [5, 5.41) is 7.64. The van der Waals surface area contributed by atoms with Gasteiger partial charge in [-0.1, -0.05) is 24.3 Å². The van der Waals surface area contributed by atoms with Gasteiger partial charge >= 0.3 is 5.97 Å². The lowest BCUT2D eigenvalue weighted by Gasteiger charge is -2.10. The number of hydrogen-bond acceptors (Lipinski definition) is 7. The number of nitrogens with one attached hydrogen (secondary N) is 1. The number of ether oxygens (including phenoxy) is 1. The van der Waals surface area contributed by atoms with Crippen LogP contribution >= 0.6 is 23.5 Å². The van der Waals surface area contributed by atoms with Gasteiger partial charge in [0.25, 0.3) is 5.91 Å². The van der Waals surface area contributed by atoms with E-state index in [1.54, 1.807) is 24.3 Å². The molecule has 3 N–H and O–H groups in total. The first-order valence-electron chi connectivity index (χ1n) is 8.72. The van der Waals surface area contributed by atoms with Crippen LogP contribution in [-0.2, 0) is 26.1 Å². The van der Waals surface area contributed by atoms with E-state index in [9.17, 15) is 18.0 Å². The zero-order valence-electron chi connectivity index (χ0n) is 15.4. The van der Waals surface area contributed by atoms with E-state index in [2.05, 4.69) is 5.32 Å². The van der Waals surface area contributed by atoms with Crippen molar-refractivity contribution in [1.29, 1.82) is 0 Å². The van der Waals surface area contributed by atoms with Gasteiger partial charge in [0.15, 0.2) is 6.61 Å². The summed E-state index contributed by atoms with van der Waals surface area (Å²) in [6.07, 6.45) is 0. The lowest BCUT2D eigenvalue weighted by Crippen LogP contribution is -2.28. The smallest absolute Gasteiger partial charge is 0.338 e. The number of benzene rings is 2. The Hall–Kier alpha value is -2.01. The summed E-state index contributed by atoms with van der Waals surface area (Å²) in [7, 11) is -3.75. The Bertz CT molecular complexity index is 970. The molecule has 1 aliphatic heterocycles. The maximum absolute atomic E-state index is 12.1. The van der Waals surface area contributed by atoms with Crippen LogP contribution in [0.2, 0.25) is 0 Å². The van der Waals surface area contributed by atoms with Crippen LogP contribution in [0.3, 0.4) is 0 Å². The molecule has 0 bridgehead atoms. The summed E-state index contributed by atoms with van der Waals surface area (Å²) in [5.41, 5.74) is 2.25. The lowest BCUT2D eigenvalue weighted by molar-refractivity contribution is -0.124. The standard InChI is InChI=1S/C19H20N2O5S3/c20-29(24,25)16-7-1-13(2-8-16)11-21-17(22)12-26-18(23)14-3-5-15(6-4-14)19-27-9-10-28-19/h1-8,19H,9-12H2,(H,21,22)(H2,20,24,25). The summed E-state index contributed by atoms with van der Waals surface area (Å²) in [6.45, 7) is -0.225. The number of nitrogens with two attached hydrogens (primary N) is 1. The highest BCUT2D eigenvalue weighted by Gasteiger charge is 2.19. The van der Waals surface area contributed by atoms with Gasteiger partial charge in [-0.25, -0.2) is 18.4 Å². The normalized spacial score (nSPS) is 14.5. The van der Waals surface area contributed by atoms with Crippen LogP contribution in [-0.4, -0.2) is 38.4 Å². The molecule has 0 atom stereocenters. The molecule has 0 spiro atoms. The maximum atomic E-state index is 12.1. The summed E-state index contributed by atoms with van der Waals surface area (Å²) in [6, 6.07) is 13.1. The first kappa shape index (κ1) is 21.7. The van der Waals surface area contributed by atoms with E-state index in [4.69, 9.17) is 9.88 Å². The molecule has 2 aromatic rings. The quantitative estimate of drug-likeness (QED) is 0.619. The minimum Gasteiger partial charge on any atom is -0.452 e. The molecule has 0 saturated carbocycles. The van der Waals surface area contributed by atoms with Crippen molar-refractivity contribution in [2.75, 3.05) is 18.1 Å². The number of amides is 1. The maximum Gasteiger partial charge on any atom is 0.338 e. The Kier molecular flexibility index (Phi) is 7.23. The first-order valence-corrected chi connectivity index (χ1v) is 12.4. The van der Waals surface area contributed by atoms with Crippen LogP contribution in [0.1, 0.15) is 26.1 Å². The number of carbonyl (C=O) groups excluding carboxylic acids is 2. The molecule has 1 heterocycles. The van der Waals surface area contributed by atoms with E-state index in [0.29, 0.717) is 15.7 Å². The molecule has 1 saturated heterocycles. The largest absolute Gasteiger partial charge is 0.452 e. The molecule has 1 aliphatic rings. The highest BCUT2D eigenvalue weighted by Crippen LogP contribution is 2.45. The van der Waals surface area contributed by atoms with Gasteiger partial charge in [0.2, 0.25) is 10.0 Å². The monoisotopic (exact) mass is 452 g/mol. The summed E-state index contributed by atoms with van der Waals surface area (Å²) in [4.78, 5) is 24.0. The molecule has 1 amide bonds. The van der Waals surface area contributed by atoms with Gasteiger partial charge in [-0.2, -0.15) is 0 Å². The van der Waals surface area contributed by atoms with E-state index in [1.165, 1.54) is 17.7 Å². The molecule has 2 aromatic carbocycles. The second-order valence-electron chi connectivity index (χ2n) is 6.24. The number of sulfonamides is 1. The molecular formula is C19H20N2O5S3.